The maximum atomic E-state index is 12.6. The molecule has 1 nitrogen and oxygen atoms in total. The summed E-state index contributed by atoms with van der Waals surface area (Å²) in [4.78, 5) is 0. The average Bonchev–Trinajstić information content (AvgIpc) is 2.18. The molecule has 0 saturated heterocycles. The van der Waals surface area contributed by atoms with Crippen molar-refractivity contribution in [2.45, 2.75) is 12.2 Å². The number of alkyl halides is 3. The van der Waals surface area contributed by atoms with E-state index in [2.05, 4.69) is 11.9 Å². The van der Waals surface area contributed by atoms with Crippen LogP contribution in [0.25, 0.3) is 0 Å². The van der Waals surface area contributed by atoms with Crippen LogP contribution in [0.2, 0.25) is 0 Å². The molecule has 0 saturated carbocycles. The molecule has 0 amide bonds. The van der Waals surface area contributed by atoms with Gasteiger partial charge in [0.05, 0.1) is 0 Å². The Kier molecular flexibility index (Phi) is 3.91. The molecule has 1 atom stereocenters. The average molecular weight is 215 g/mol. The van der Waals surface area contributed by atoms with E-state index in [1.807, 2.05) is 0 Å². The minimum atomic E-state index is -4.29. The Morgan fingerprint density at radius 1 is 1.27 bits per heavy atom. The van der Waals surface area contributed by atoms with Crippen molar-refractivity contribution in [3.8, 4) is 0 Å². The third kappa shape index (κ3) is 3.40. The van der Waals surface area contributed by atoms with E-state index in [1.165, 1.54) is 18.2 Å². The molecule has 1 N–H and O–H groups in total. The van der Waals surface area contributed by atoms with Gasteiger partial charge >= 0.3 is 6.18 Å². The van der Waals surface area contributed by atoms with Gasteiger partial charge in [0.2, 0.25) is 0 Å². The molecule has 15 heavy (non-hydrogen) atoms. The fraction of sp³-hybridized carbons (Fsp3) is 0.273. The van der Waals surface area contributed by atoms with Gasteiger partial charge in [0.1, 0.15) is 6.04 Å². The van der Waals surface area contributed by atoms with Crippen LogP contribution in [0.3, 0.4) is 0 Å². The van der Waals surface area contributed by atoms with Crippen molar-refractivity contribution in [3.63, 3.8) is 0 Å². The summed E-state index contributed by atoms with van der Waals surface area (Å²) in [6.45, 7) is 3.50. The SMILES string of the molecule is C=CCNC(c1ccccc1)C(F)(F)F. The molecular formula is C11H12F3N. The highest BCUT2D eigenvalue weighted by molar-refractivity contribution is 5.20. The number of rotatable bonds is 4. The molecule has 1 unspecified atom stereocenters. The van der Waals surface area contributed by atoms with Gasteiger partial charge < -0.3 is 0 Å². The van der Waals surface area contributed by atoms with Gasteiger partial charge in [0, 0.05) is 6.54 Å². The predicted octanol–water partition coefficient (Wildman–Crippen LogP) is 3.07. The Balaban J connectivity index is 2.86. The summed E-state index contributed by atoms with van der Waals surface area (Å²) in [7, 11) is 0. The number of hydrogen-bond donors (Lipinski definition) is 1. The number of benzene rings is 1. The first-order valence-corrected chi connectivity index (χ1v) is 4.51. The topological polar surface area (TPSA) is 12.0 Å². The minimum absolute atomic E-state index is 0.124. The van der Waals surface area contributed by atoms with Crippen LogP contribution in [-0.2, 0) is 0 Å². The maximum Gasteiger partial charge on any atom is 0.407 e. The van der Waals surface area contributed by atoms with Gasteiger partial charge in [-0.3, -0.25) is 5.32 Å². The Morgan fingerprint density at radius 2 is 1.87 bits per heavy atom. The van der Waals surface area contributed by atoms with Crippen molar-refractivity contribution in [2.75, 3.05) is 6.54 Å². The Labute approximate surface area is 86.6 Å². The van der Waals surface area contributed by atoms with Gasteiger partial charge in [0.15, 0.2) is 0 Å². The summed E-state index contributed by atoms with van der Waals surface area (Å²) < 4.78 is 37.9. The van der Waals surface area contributed by atoms with Gasteiger partial charge in [-0.25, -0.2) is 0 Å². The van der Waals surface area contributed by atoms with E-state index >= 15 is 0 Å². The molecule has 0 aliphatic heterocycles. The van der Waals surface area contributed by atoms with Crippen molar-refractivity contribution >= 4 is 0 Å². The highest BCUT2D eigenvalue weighted by Crippen LogP contribution is 2.32. The lowest BCUT2D eigenvalue weighted by atomic mass is 10.1. The molecule has 0 aliphatic rings. The molecule has 0 aliphatic carbocycles. The number of nitrogens with one attached hydrogen (secondary N) is 1. The Hall–Kier alpha value is -1.29. The Bertz CT molecular complexity index is 305. The van der Waals surface area contributed by atoms with Crippen LogP contribution in [0, 0.1) is 0 Å². The van der Waals surface area contributed by atoms with E-state index in [9.17, 15) is 13.2 Å². The maximum absolute atomic E-state index is 12.6. The number of hydrogen-bond acceptors (Lipinski definition) is 1. The Morgan fingerprint density at radius 3 is 2.33 bits per heavy atom. The van der Waals surface area contributed by atoms with E-state index in [1.54, 1.807) is 18.2 Å². The standard InChI is InChI=1S/C11H12F3N/c1-2-8-15-10(11(12,13)14)9-6-4-3-5-7-9/h2-7,10,15H,1,8H2. The fourth-order valence-electron chi connectivity index (χ4n) is 1.27. The van der Waals surface area contributed by atoms with Crippen LogP contribution in [0.5, 0.6) is 0 Å². The molecular weight excluding hydrogens is 203 g/mol. The quantitative estimate of drug-likeness (QED) is 0.761. The van der Waals surface area contributed by atoms with E-state index in [0.29, 0.717) is 0 Å². The van der Waals surface area contributed by atoms with E-state index in [0.717, 1.165) is 0 Å². The highest BCUT2D eigenvalue weighted by Gasteiger charge is 2.39. The van der Waals surface area contributed by atoms with Crippen molar-refractivity contribution in [2.24, 2.45) is 0 Å². The van der Waals surface area contributed by atoms with Crippen LogP contribution < -0.4 is 5.32 Å². The first-order chi connectivity index (χ1) is 7.05. The second-order valence-electron chi connectivity index (χ2n) is 3.08. The van der Waals surface area contributed by atoms with Gasteiger partial charge in [-0.15, -0.1) is 6.58 Å². The first-order valence-electron chi connectivity index (χ1n) is 4.51. The minimum Gasteiger partial charge on any atom is -0.299 e. The largest absolute Gasteiger partial charge is 0.407 e. The molecule has 0 heterocycles. The van der Waals surface area contributed by atoms with Gasteiger partial charge in [-0.1, -0.05) is 36.4 Å². The lowest BCUT2D eigenvalue weighted by Crippen LogP contribution is -2.34. The first kappa shape index (κ1) is 11.8. The molecule has 1 aromatic rings. The van der Waals surface area contributed by atoms with Crippen molar-refractivity contribution in [1.29, 1.82) is 0 Å². The normalized spacial score (nSPS) is 13.5. The van der Waals surface area contributed by atoms with Gasteiger partial charge in [0.25, 0.3) is 0 Å². The second-order valence-corrected chi connectivity index (χ2v) is 3.08. The third-order valence-corrected chi connectivity index (χ3v) is 1.93. The molecule has 1 aromatic carbocycles. The molecule has 0 aromatic heterocycles. The lowest BCUT2D eigenvalue weighted by molar-refractivity contribution is -0.157. The van der Waals surface area contributed by atoms with Crippen LogP contribution in [0.1, 0.15) is 11.6 Å². The summed E-state index contributed by atoms with van der Waals surface area (Å²) in [6.07, 6.45) is -2.88. The zero-order valence-corrected chi connectivity index (χ0v) is 8.09. The van der Waals surface area contributed by atoms with Crippen LogP contribution >= 0.6 is 0 Å². The van der Waals surface area contributed by atoms with Crippen LogP contribution in [-0.4, -0.2) is 12.7 Å². The monoisotopic (exact) mass is 215 g/mol. The van der Waals surface area contributed by atoms with Crippen molar-refractivity contribution in [1.82, 2.24) is 5.32 Å². The molecule has 1 rings (SSSR count). The second kappa shape index (κ2) is 4.98. The van der Waals surface area contributed by atoms with Crippen LogP contribution in [0.15, 0.2) is 43.0 Å². The van der Waals surface area contributed by atoms with Gasteiger partial charge in [-0.05, 0) is 5.56 Å². The fourth-order valence-corrected chi connectivity index (χ4v) is 1.27. The zero-order chi connectivity index (χ0) is 11.3. The third-order valence-electron chi connectivity index (χ3n) is 1.93. The molecule has 0 bridgehead atoms. The smallest absolute Gasteiger partial charge is 0.299 e. The molecule has 0 radical (unpaired) electrons. The summed E-state index contributed by atoms with van der Waals surface area (Å²) in [5.74, 6) is 0. The summed E-state index contributed by atoms with van der Waals surface area (Å²) in [5, 5.41) is 2.38. The van der Waals surface area contributed by atoms with E-state index in [-0.39, 0.29) is 12.1 Å². The molecule has 82 valence electrons. The molecule has 0 spiro atoms. The van der Waals surface area contributed by atoms with Gasteiger partial charge in [-0.2, -0.15) is 13.2 Å². The molecule has 4 heteroatoms. The number of halogens is 3. The summed E-state index contributed by atoms with van der Waals surface area (Å²) in [6, 6.07) is 6.14. The van der Waals surface area contributed by atoms with Crippen LogP contribution in [0.4, 0.5) is 13.2 Å². The summed E-state index contributed by atoms with van der Waals surface area (Å²) in [5.41, 5.74) is 0.215. The van der Waals surface area contributed by atoms with Crippen molar-refractivity contribution in [3.05, 3.63) is 48.6 Å². The van der Waals surface area contributed by atoms with Crippen molar-refractivity contribution < 1.29 is 13.2 Å². The van der Waals surface area contributed by atoms with E-state index in [4.69, 9.17) is 0 Å². The molecule has 0 fully saturated rings. The van der Waals surface area contributed by atoms with E-state index < -0.39 is 12.2 Å². The predicted molar refractivity (Wildman–Crippen MR) is 53.4 cm³/mol. The summed E-state index contributed by atoms with van der Waals surface area (Å²) >= 11 is 0. The highest BCUT2D eigenvalue weighted by atomic mass is 19.4. The lowest BCUT2D eigenvalue weighted by Gasteiger charge is -2.21. The zero-order valence-electron chi connectivity index (χ0n) is 8.09.